The third kappa shape index (κ3) is 4.58. The van der Waals surface area contributed by atoms with E-state index in [-0.39, 0.29) is 5.91 Å². The minimum atomic E-state index is 0.265. The molecular weight excluding hydrogens is 268 g/mol. The van der Waals surface area contributed by atoms with Crippen LogP contribution in [0, 0.1) is 5.92 Å². The molecule has 1 N–H and O–H groups in total. The van der Waals surface area contributed by atoms with E-state index < -0.39 is 0 Å². The van der Waals surface area contributed by atoms with Crippen LogP contribution in [0.4, 0.5) is 5.95 Å². The van der Waals surface area contributed by atoms with Gasteiger partial charge in [-0.15, -0.1) is 0 Å². The van der Waals surface area contributed by atoms with Gasteiger partial charge in [-0.3, -0.25) is 4.79 Å². The first-order valence-corrected chi connectivity index (χ1v) is 7.50. The first kappa shape index (κ1) is 15.5. The van der Waals surface area contributed by atoms with E-state index in [9.17, 15) is 4.79 Å². The average Bonchev–Trinajstić information content (AvgIpc) is 2.47. The van der Waals surface area contributed by atoms with Crippen molar-refractivity contribution in [3.8, 4) is 5.88 Å². The lowest BCUT2D eigenvalue weighted by Crippen LogP contribution is -2.42. The first-order valence-electron chi connectivity index (χ1n) is 7.50. The Hall–Kier alpha value is -1.85. The van der Waals surface area contributed by atoms with E-state index in [1.54, 1.807) is 19.4 Å². The van der Waals surface area contributed by atoms with Gasteiger partial charge in [0.15, 0.2) is 0 Å². The van der Waals surface area contributed by atoms with Crippen LogP contribution in [0.15, 0.2) is 12.3 Å². The van der Waals surface area contributed by atoms with Crippen molar-refractivity contribution < 1.29 is 9.53 Å². The zero-order chi connectivity index (χ0) is 15.2. The zero-order valence-corrected chi connectivity index (χ0v) is 13.0. The number of likely N-dealkylation sites (tertiary alicyclic amines) is 1. The number of rotatable bonds is 5. The number of methoxy groups -OCH3 is 1. The van der Waals surface area contributed by atoms with E-state index >= 15 is 0 Å². The number of ether oxygens (including phenoxy) is 1. The van der Waals surface area contributed by atoms with Crippen LogP contribution in [0.1, 0.15) is 33.1 Å². The largest absolute Gasteiger partial charge is 0.481 e. The van der Waals surface area contributed by atoms with Gasteiger partial charge in [0.1, 0.15) is 0 Å². The SMILES string of the molecule is COc1ccnc(NC2CCN(C(=O)CC(C)C)CC2)n1. The molecule has 0 saturated carbocycles. The number of hydrogen-bond donors (Lipinski definition) is 1. The number of aromatic nitrogens is 2. The molecule has 1 aliphatic heterocycles. The summed E-state index contributed by atoms with van der Waals surface area (Å²) in [5, 5.41) is 3.32. The fourth-order valence-electron chi connectivity index (χ4n) is 2.46. The normalized spacial score (nSPS) is 16.1. The van der Waals surface area contributed by atoms with E-state index in [1.165, 1.54) is 0 Å². The van der Waals surface area contributed by atoms with Crippen LogP contribution in [0.3, 0.4) is 0 Å². The molecule has 1 aliphatic rings. The third-order valence-corrected chi connectivity index (χ3v) is 3.60. The highest BCUT2D eigenvalue weighted by atomic mass is 16.5. The Labute approximate surface area is 125 Å². The van der Waals surface area contributed by atoms with Crippen LogP contribution in [0.25, 0.3) is 0 Å². The summed E-state index contributed by atoms with van der Waals surface area (Å²) in [7, 11) is 1.59. The Kier molecular flexibility index (Phi) is 5.36. The van der Waals surface area contributed by atoms with E-state index in [4.69, 9.17) is 4.74 Å². The maximum Gasteiger partial charge on any atom is 0.226 e. The van der Waals surface area contributed by atoms with Gasteiger partial charge in [-0.1, -0.05) is 13.8 Å². The Bertz CT molecular complexity index is 470. The van der Waals surface area contributed by atoms with Gasteiger partial charge in [0, 0.05) is 37.8 Å². The smallest absolute Gasteiger partial charge is 0.226 e. The number of amides is 1. The summed E-state index contributed by atoms with van der Waals surface area (Å²) in [6.07, 6.45) is 4.15. The standard InChI is InChI=1S/C15H24N4O2/c1-11(2)10-14(20)19-8-5-12(6-9-19)17-15-16-7-4-13(18-15)21-3/h4,7,11-12H,5-6,8-10H2,1-3H3,(H,16,17,18). The fraction of sp³-hybridized carbons (Fsp3) is 0.667. The molecule has 116 valence electrons. The molecule has 1 amide bonds. The number of anilines is 1. The van der Waals surface area contributed by atoms with Crippen molar-refractivity contribution >= 4 is 11.9 Å². The summed E-state index contributed by atoms with van der Waals surface area (Å²) in [6, 6.07) is 2.03. The van der Waals surface area contributed by atoms with Crippen molar-refractivity contribution in [2.24, 2.45) is 5.92 Å². The van der Waals surface area contributed by atoms with Crippen molar-refractivity contribution in [1.82, 2.24) is 14.9 Å². The second kappa shape index (κ2) is 7.24. The van der Waals surface area contributed by atoms with Gasteiger partial charge in [0.05, 0.1) is 7.11 Å². The van der Waals surface area contributed by atoms with E-state index in [1.807, 2.05) is 4.90 Å². The molecule has 21 heavy (non-hydrogen) atoms. The average molecular weight is 292 g/mol. The van der Waals surface area contributed by atoms with Crippen molar-refractivity contribution in [2.75, 3.05) is 25.5 Å². The van der Waals surface area contributed by atoms with Gasteiger partial charge in [0.2, 0.25) is 17.7 Å². The molecule has 2 heterocycles. The van der Waals surface area contributed by atoms with Crippen LogP contribution in [-0.2, 0) is 4.79 Å². The molecule has 1 fully saturated rings. The minimum Gasteiger partial charge on any atom is -0.481 e. The van der Waals surface area contributed by atoms with Gasteiger partial charge in [0.25, 0.3) is 0 Å². The summed E-state index contributed by atoms with van der Waals surface area (Å²) in [4.78, 5) is 22.4. The number of hydrogen-bond acceptors (Lipinski definition) is 5. The monoisotopic (exact) mass is 292 g/mol. The number of piperidine rings is 1. The Balaban J connectivity index is 1.82. The maximum atomic E-state index is 12.0. The maximum absolute atomic E-state index is 12.0. The van der Waals surface area contributed by atoms with Crippen LogP contribution in [0.5, 0.6) is 5.88 Å². The lowest BCUT2D eigenvalue weighted by atomic mass is 10.0. The predicted molar refractivity (Wildman–Crippen MR) is 81.3 cm³/mol. The molecule has 1 aromatic heterocycles. The summed E-state index contributed by atoms with van der Waals surface area (Å²) in [6.45, 7) is 5.75. The molecule has 0 aromatic carbocycles. The summed E-state index contributed by atoms with van der Waals surface area (Å²) in [5.41, 5.74) is 0. The van der Waals surface area contributed by atoms with Crippen LogP contribution < -0.4 is 10.1 Å². The van der Waals surface area contributed by atoms with Crippen LogP contribution in [0.2, 0.25) is 0 Å². The number of nitrogens with one attached hydrogen (secondary N) is 1. The van der Waals surface area contributed by atoms with Crippen molar-refractivity contribution in [1.29, 1.82) is 0 Å². The molecule has 6 heteroatoms. The number of carbonyl (C=O) groups is 1. The summed E-state index contributed by atoms with van der Waals surface area (Å²) < 4.78 is 5.09. The molecule has 1 aromatic rings. The molecule has 0 aliphatic carbocycles. The van der Waals surface area contributed by atoms with E-state index in [2.05, 4.69) is 29.1 Å². The fourth-order valence-corrected chi connectivity index (χ4v) is 2.46. The number of nitrogens with zero attached hydrogens (tertiary/aromatic N) is 3. The molecule has 2 rings (SSSR count). The second-order valence-electron chi connectivity index (χ2n) is 5.82. The highest BCUT2D eigenvalue weighted by Crippen LogP contribution is 2.17. The van der Waals surface area contributed by atoms with Crippen molar-refractivity contribution in [2.45, 2.75) is 39.2 Å². The highest BCUT2D eigenvalue weighted by molar-refractivity contribution is 5.76. The highest BCUT2D eigenvalue weighted by Gasteiger charge is 2.23. The molecule has 0 atom stereocenters. The van der Waals surface area contributed by atoms with Gasteiger partial charge in [-0.25, -0.2) is 4.98 Å². The summed E-state index contributed by atoms with van der Waals surface area (Å²) in [5.74, 6) is 1.82. The van der Waals surface area contributed by atoms with Gasteiger partial charge in [-0.2, -0.15) is 4.98 Å². The van der Waals surface area contributed by atoms with E-state index in [0.717, 1.165) is 25.9 Å². The summed E-state index contributed by atoms with van der Waals surface area (Å²) >= 11 is 0. The molecule has 6 nitrogen and oxygen atoms in total. The lowest BCUT2D eigenvalue weighted by Gasteiger charge is -2.32. The van der Waals surface area contributed by atoms with Gasteiger partial charge in [-0.05, 0) is 18.8 Å². The quantitative estimate of drug-likeness (QED) is 0.898. The van der Waals surface area contributed by atoms with Gasteiger partial charge < -0.3 is 15.0 Å². The topological polar surface area (TPSA) is 67.3 Å². The predicted octanol–water partition coefficient (Wildman–Crippen LogP) is 1.93. The second-order valence-corrected chi connectivity index (χ2v) is 5.82. The van der Waals surface area contributed by atoms with Crippen LogP contribution in [-0.4, -0.2) is 47.0 Å². The molecule has 0 bridgehead atoms. The minimum absolute atomic E-state index is 0.265. The Morgan fingerprint density at radius 2 is 2.19 bits per heavy atom. The molecular formula is C15H24N4O2. The molecule has 0 unspecified atom stereocenters. The lowest BCUT2D eigenvalue weighted by molar-refractivity contribution is -0.132. The molecule has 1 saturated heterocycles. The number of carbonyl (C=O) groups excluding carboxylic acids is 1. The van der Waals surface area contributed by atoms with E-state index in [0.29, 0.717) is 30.2 Å². The van der Waals surface area contributed by atoms with Crippen molar-refractivity contribution in [3.05, 3.63) is 12.3 Å². The van der Waals surface area contributed by atoms with Gasteiger partial charge >= 0.3 is 0 Å². The Morgan fingerprint density at radius 1 is 1.48 bits per heavy atom. The molecule has 0 spiro atoms. The zero-order valence-electron chi connectivity index (χ0n) is 13.0. The molecule has 0 radical (unpaired) electrons. The first-order chi connectivity index (χ1) is 10.1. The van der Waals surface area contributed by atoms with Crippen molar-refractivity contribution in [3.63, 3.8) is 0 Å². The van der Waals surface area contributed by atoms with Crippen LogP contribution >= 0.6 is 0 Å². The Morgan fingerprint density at radius 3 is 2.81 bits per heavy atom. The third-order valence-electron chi connectivity index (χ3n) is 3.60.